The van der Waals surface area contributed by atoms with Crippen molar-refractivity contribution in [3.8, 4) is 22.4 Å². The van der Waals surface area contributed by atoms with E-state index in [2.05, 4.69) is 61.9 Å². The lowest BCUT2D eigenvalue weighted by Gasteiger charge is -2.42. The average molecular weight is 342 g/mol. The normalized spacial score (nSPS) is 17.5. The van der Waals surface area contributed by atoms with Crippen molar-refractivity contribution in [2.24, 2.45) is 0 Å². The Morgan fingerprint density at radius 3 is 2.15 bits per heavy atom. The number of hydrogen-bond donors (Lipinski definition) is 0. The highest BCUT2D eigenvalue weighted by Crippen LogP contribution is 2.47. The minimum atomic E-state index is 0.208. The molecule has 2 heterocycles. The Kier molecular flexibility index (Phi) is 3.95. The van der Waals surface area contributed by atoms with Crippen molar-refractivity contribution < 1.29 is 0 Å². The lowest BCUT2D eigenvalue weighted by Crippen LogP contribution is -2.33. The number of nitrogens with zero attached hydrogens (tertiary/aromatic N) is 2. The van der Waals surface area contributed by atoms with E-state index >= 15 is 0 Å². The Morgan fingerprint density at radius 2 is 1.42 bits per heavy atom. The fraction of sp³-hybridized carbons (Fsp3) is 0.333. The summed E-state index contributed by atoms with van der Waals surface area (Å²) in [4.78, 5) is 8.81. The number of fused-ring (bicyclic) bond motifs is 1. The summed E-state index contributed by atoms with van der Waals surface area (Å²) in [5.74, 6) is 0. The molecule has 0 fully saturated rings. The first-order valence-electron chi connectivity index (χ1n) is 9.39. The van der Waals surface area contributed by atoms with Crippen molar-refractivity contribution in [2.75, 3.05) is 0 Å². The van der Waals surface area contributed by atoms with E-state index in [1.54, 1.807) is 0 Å². The van der Waals surface area contributed by atoms with Crippen LogP contribution in [0.25, 0.3) is 22.4 Å². The van der Waals surface area contributed by atoms with Gasteiger partial charge in [0.05, 0.1) is 5.69 Å². The molecule has 2 heteroatoms. The Morgan fingerprint density at radius 1 is 0.731 bits per heavy atom. The van der Waals surface area contributed by atoms with Gasteiger partial charge >= 0.3 is 0 Å². The molecule has 0 amide bonds. The molecule has 1 aliphatic rings. The fourth-order valence-corrected chi connectivity index (χ4v) is 4.13. The number of benzene rings is 1. The van der Waals surface area contributed by atoms with Crippen LogP contribution in [-0.2, 0) is 10.8 Å². The Bertz CT molecular complexity index is 939. The molecule has 3 aromatic rings. The second-order valence-corrected chi connectivity index (χ2v) is 8.66. The molecule has 4 rings (SSSR count). The van der Waals surface area contributed by atoms with Crippen LogP contribution in [0.1, 0.15) is 51.7 Å². The number of pyridine rings is 2. The summed E-state index contributed by atoms with van der Waals surface area (Å²) in [6.45, 7) is 9.48. The highest BCUT2D eigenvalue weighted by Gasteiger charge is 2.37. The zero-order chi connectivity index (χ0) is 18.4. The van der Waals surface area contributed by atoms with Gasteiger partial charge in [0.2, 0.25) is 0 Å². The van der Waals surface area contributed by atoms with Crippen molar-refractivity contribution in [1.82, 2.24) is 9.97 Å². The van der Waals surface area contributed by atoms with Gasteiger partial charge in [0, 0.05) is 29.7 Å². The summed E-state index contributed by atoms with van der Waals surface area (Å²) in [7, 11) is 0. The summed E-state index contributed by atoms with van der Waals surface area (Å²) in [6.07, 6.45) is 7.98. The molecule has 0 spiro atoms. The molecule has 0 saturated heterocycles. The van der Waals surface area contributed by atoms with Gasteiger partial charge in [0.25, 0.3) is 0 Å². The van der Waals surface area contributed by atoms with Crippen molar-refractivity contribution in [1.29, 1.82) is 0 Å². The van der Waals surface area contributed by atoms with E-state index in [1.165, 1.54) is 35.1 Å². The van der Waals surface area contributed by atoms with Crippen LogP contribution < -0.4 is 0 Å². The molecule has 0 saturated carbocycles. The molecule has 2 nitrogen and oxygen atoms in total. The predicted octanol–water partition coefficient (Wildman–Crippen LogP) is 6.16. The van der Waals surface area contributed by atoms with Crippen LogP contribution in [0, 0.1) is 0 Å². The predicted molar refractivity (Wildman–Crippen MR) is 108 cm³/mol. The summed E-state index contributed by atoms with van der Waals surface area (Å²) in [5, 5.41) is 0. The third kappa shape index (κ3) is 2.84. The van der Waals surface area contributed by atoms with Crippen LogP contribution in [0.5, 0.6) is 0 Å². The Balaban J connectivity index is 1.89. The van der Waals surface area contributed by atoms with Crippen LogP contribution >= 0.6 is 0 Å². The van der Waals surface area contributed by atoms with E-state index in [-0.39, 0.29) is 10.8 Å². The van der Waals surface area contributed by atoms with Crippen molar-refractivity contribution in [3.05, 3.63) is 72.2 Å². The number of rotatable bonds is 2. The summed E-state index contributed by atoms with van der Waals surface area (Å²) in [6, 6.07) is 15.3. The first-order chi connectivity index (χ1) is 12.4. The minimum Gasteiger partial charge on any atom is -0.265 e. The SMILES string of the molecule is CC1(C)CCC(C)(C)c2cc(-c3cccnc3-c3ccncc3)ccc21. The van der Waals surface area contributed by atoms with Crippen LogP contribution in [0.4, 0.5) is 0 Å². The molecular weight excluding hydrogens is 316 g/mol. The number of aromatic nitrogens is 2. The monoisotopic (exact) mass is 342 g/mol. The molecule has 0 bridgehead atoms. The van der Waals surface area contributed by atoms with E-state index in [1.807, 2.05) is 36.8 Å². The topological polar surface area (TPSA) is 25.8 Å². The molecule has 0 N–H and O–H groups in total. The van der Waals surface area contributed by atoms with Gasteiger partial charge in [0.15, 0.2) is 0 Å². The van der Waals surface area contributed by atoms with Gasteiger partial charge in [-0.1, -0.05) is 52.0 Å². The molecule has 1 aliphatic carbocycles. The van der Waals surface area contributed by atoms with Gasteiger partial charge in [-0.3, -0.25) is 9.97 Å². The van der Waals surface area contributed by atoms with Crippen molar-refractivity contribution in [2.45, 2.75) is 51.4 Å². The molecule has 0 atom stereocenters. The summed E-state index contributed by atoms with van der Waals surface area (Å²) in [5.41, 5.74) is 7.97. The first kappa shape index (κ1) is 17.0. The Hall–Kier alpha value is -2.48. The van der Waals surface area contributed by atoms with Gasteiger partial charge in [-0.05, 0) is 58.6 Å². The molecule has 0 aliphatic heterocycles. The highest BCUT2D eigenvalue weighted by molar-refractivity contribution is 5.81. The van der Waals surface area contributed by atoms with Crippen LogP contribution in [0.2, 0.25) is 0 Å². The van der Waals surface area contributed by atoms with Crippen molar-refractivity contribution >= 4 is 0 Å². The van der Waals surface area contributed by atoms with Gasteiger partial charge in [-0.25, -0.2) is 0 Å². The molecule has 132 valence electrons. The van der Waals surface area contributed by atoms with E-state index in [0.717, 1.165) is 11.3 Å². The van der Waals surface area contributed by atoms with E-state index in [4.69, 9.17) is 0 Å². The molecule has 0 radical (unpaired) electrons. The highest BCUT2D eigenvalue weighted by atomic mass is 14.7. The van der Waals surface area contributed by atoms with Gasteiger partial charge in [0.1, 0.15) is 0 Å². The lowest BCUT2D eigenvalue weighted by atomic mass is 9.63. The largest absolute Gasteiger partial charge is 0.265 e. The fourth-order valence-electron chi connectivity index (χ4n) is 4.13. The molecule has 1 aromatic carbocycles. The molecule has 0 unspecified atom stereocenters. The van der Waals surface area contributed by atoms with Crippen LogP contribution in [0.3, 0.4) is 0 Å². The number of hydrogen-bond acceptors (Lipinski definition) is 2. The van der Waals surface area contributed by atoms with Gasteiger partial charge in [-0.2, -0.15) is 0 Å². The van der Waals surface area contributed by atoms with Gasteiger partial charge in [-0.15, -0.1) is 0 Å². The van der Waals surface area contributed by atoms with E-state index < -0.39 is 0 Å². The standard InChI is InChI=1S/C24H26N2/c1-23(2)11-12-24(3,4)21-16-18(7-8-20(21)23)19-6-5-13-26-22(19)17-9-14-25-15-10-17/h5-10,13-16H,11-12H2,1-4H3. The third-order valence-corrected chi connectivity index (χ3v) is 5.93. The summed E-state index contributed by atoms with van der Waals surface area (Å²) >= 11 is 0. The van der Waals surface area contributed by atoms with Crippen LogP contribution in [0.15, 0.2) is 61.1 Å². The second kappa shape index (κ2) is 6.05. The van der Waals surface area contributed by atoms with Crippen LogP contribution in [-0.4, -0.2) is 9.97 Å². The molecule has 2 aromatic heterocycles. The maximum atomic E-state index is 4.67. The first-order valence-corrected chi connectivity index (χ1v) is 9.39. The minimum absolute atomic E-state index is 0.208. The average Bonchev–Trinajstić information content (AvgIpc) is 2.66. The van der Waals surface area contributed by atoms with Crippen molar-refractivity contribution in [3.63, 3.8) is 0 Å². The third-order valence-electron chi connectivity index (χ3n) is 5.93. The van der Waals surface area contributed by atoms with Gasteiger partial charge < -0.3 is 0 Å². The smallest absolute Gasteiger partial charge is 0.0781 e. The second-order valence-electron chi connectivity index (χ2n) is 8.66. The van der Waals surface area contributed by atoms with E-state index in [0.29, 0.717) is 0 Å². The lowest BCUT2D eigenvalue weighted by molar-refractivity contribution is 0.332. The zero-order valence-electron chi connectivity index (χ0n) is 16.1. The maximum Gasteiger partial charge on any atom is 0.0781 e. The van der Waals surface area contributed by atoms with E-state index in [9.17, 15) is 0 Å². The Labute approximate surface area is 156 Å². The summed E-state index contributed by atoms with van der Waals surface area (Å²) < 4.78 is 0. The molecular formula is C24H26N2. The maximum absolute atomic E-state index is 4.67. The quantitative estimate of drug-likeness (QED) is 0.557. The zero-order valence-corrected chi connectivity index (χ0v) is 16.1. The molecule has 26 heavy (non-hydrogen) atoms.